The van der Waals surface area contributed by atoms with Gasteiger partial charge in [-0.15, -0.1) is 0 Å². The molecule has 0 aliphatic heterocycles. The van der Waals surface area contributed by atoms with Crippen LogP contribution in [0.2, 0.25) is 0 Å². The highest BCUT2D eigenvalue weighted by Crippen LogP contribution is 2.26. The molecule has 0 aromatic carbocycles. The molecule has 1 N–H and O–H groups in total. The van der Waals surface area contributed by atoms with E-state index in [2.05, 4.69) is 20.4 Å². The zero-order valence-electron chi connectivity index (χ0n) is 9.43. The highest BCUT2D eigenvalue weighted by molar-refractivity contribution is 7.99. The fourth-order valence-electron chi connectivity index (χ4n) is 1.28. The van der Waals surface area contributed by atoms with Gasteiger partial charge in [0.25, 0.3) is 0 Å². The normalized spacial score (nSPS) is 10.4. The molecule has 0 aliphatic rings. The molecule has 2 aromatic rings. The van der Waals surface area contributed by atoms with Crippen LogP contribution < -0.4 is 5.32 Å². The van der Waals surface area contributed by atoms with Crippen molar-refractivity contribution in [1.29, 1.82) is 0 Å². The molecule has 2 aromatic heterocycles. The van der Waals surface area contributed by atoms with Crippen LogP contribution in [-0.2, 0) is 7.05 Å². The molecule has 84 valence electrons. The minimum absolute atomic E-state index is 0.645. The zero-order valence-corrected chi connectivity index (χ0v) is 10.2. The third-order valence-corrected chi connectivity index (χ3v) is 2.82. The van der Waals surface area contributed by atoms with E-state index in [0.29, 0.717) is 5.95 Å². The van der Waals surface area contributed by atoms with Crippen LogP contribution >= 0.6 is 11.8 Å². The Morgan fingerprint density at radius 1 is 1.38 bits per heavy atom. The lowest BCUT2D eigenvalue weighted by Crippen LogP contribution is -1.98. The summed E-state index contributed by atoms with van der Waals surface area (Å²) in [6.07, 6.45) is 3.78. The second-order valence-corrected chi connectivity index (χ2v) is 4.47. The molecule has 0 radical (unpaired) electrons. The van der Waals surface area contributed by atoms with Crippen molar-refractivity contribution in [2.75, 3.05) is 12.4 Å². The predicted molar refractivity (Wildman–Crippen MR) is 63.6 cm³/mol. The number of hydrogen-bond acceptors (Lipinski definition) is 5. The van der Waals surface area contributed by atoms with Crippen molar-refractivity contribution in [2.24, 2.45) is 7.05 Å². The van der Waals surface area contributed by atoms with E-state index >= 15 is 0 Å². The SMILES string of the molecule is CNc1nc(C)cc(Sc2cnn(C)c2)n1. The molecule has 5 nitrogen and oxygen atoms in total. The molecular weight excluding hydrogens is 222 g/mol. The lowest BCUT2D eigenvalue weighted by Gasteiger charge is -2.03. The first kappa shape index (κ1) is 10.9. The lowest BCUT2D eigenvalue weighted by molar-refractivity contribution is 0.766. The van der Waals surface area contributed by atoms with Gasteiger partial charge in [-0.05, 0) is 13.0 Å². The van der Waals surface area contributed by atoms with Crippen LogP contribution in [0.5, 0.6) is 0 Å². The largest absolute Gasteiger partial charge is 0.357 e. The fraction of sp³-hybridized carbons (Fsp3) is 0.300. The van der Waals surface area contributed by atoms with Crippen molar-refractivity contribution < 1.29 is 0 Å². The van der Waals surface area contributed by atoms with Gasteiger partial charge < -0.3 is 5.32 Å². The van der Waals surface area contributed by atoms with Crippen molar-refractivity contribution in [1.82, 2.24) is 19.7 Å². The van der Waals surface area contributed by atoms with Crippen molar-refractivity contribution >= 4 is 17.7 Å². The Morgan fingerprint density at radius 2 is 2.19 bits per heavy atom. The molecule has 0 aliphatic carbocycles. The quantitative estimate of drug-likeness (QED) is 0.821. The molecule has 0 fully saturated rings. The molecule has 0 unspecified atom stereocenters. The molecule has 2 heterocycles. The third-order valence-electron chi connectivity index (χ3n) is 1.96. The van der Waals surface area contributed by atoms with Gasteiger partial charge in [0.1, 0.15) is 5.03 Å². The molecule has 0 amide bonds. The average molecular weight is 235 g/mol. The second-order valence-electron chi connectivity index (χ2n) is 3.37. The first-order valence-electron chi connectivity index (χ1n) is 4.87. The van der Waals surface area contributed by atoms with E-state index in [1.165, 1.54) is 0 Å². The smallest absolute Gasteiger partial charge is 0.223 e. The summed E-state index contributed by atoms with van der Waals surface area (Å²) in [7, 11) is 3.71. The highest BCUT2D eigenvalue weighted by atomic mass is 32.2. The van der Waals surface area contributed by atoms with E-state index in [0.717, 1.165) is 15.6 Å². The predicted octanol–water partition coefficient (Wildman–Crippen LogP) is 1.71. The maximum absolute atomic E-state index is 4.36. The Hall–Kier alpha value is -1.56. The topological polar surface area (TPSA) is 55.6 Å². The average Bonchev–Trinajstić information content (AvgIpc) is 2.63. The Labute approximate surface area is 98.3 Å². The standard InChI is InChI=1S/C10H13N5S/c1-7-4-9(14-10(11-2)13-7)16-8-5-12-15(3)6-8/h4-6H,1-3H3,(H,11,13,14). The number of nitrogens with one attached hydrogen (secondary N) is 1. The van der Waals surface area contributed by atoms with Gasteiger partial charge in [-0.1, -0.05) is 11.8 Å². The number of hydrogen-bond donors (Lipinski definition) is 1. The molecule has 16 heavy (non-hydrogen) atoms. The summed E-state index contributed by atoms with van der Waals surface area (Å²) in [5.41, 5.74) is 0.950. The van der Waals surface area contributed by atoms with Gasteiger partial charge >= 0.3 is 0 Å². The highest BCUT2D eigenvalue weighted by Gasteiger charge is 2.04. The first-order chi connectivity index (χ1) is 7.67. The van der Waals surface area contributed by atoms with Crippen LogP contribution in [0, 0.1) is 6.92 Å². The molecule has 0 bridgehead atoms. The van der Waals surface area contributed by atoms with Crippen molar-refractivity contribution in [3.63, 3.8) is 0 Å². The van der Waals surface area contributed by atoms with Crippen LogP contribution in [-0.4, -0.2) is 26.8 Å². The molecule has 0 spiro atoms. The summed E-state index contributed by atoms with van der Waals surface area (Å²) in [6.45, 7) is 1.95. The van der Waals surface area contributed by atoms with Crippen molar-refractivity contribution in [3.05, 3.63) is 24.2 Å². The number of aromatic nitrogens is 4. The van der Waals surface area contributed by atoms with E-state index < -0.39 is 0 Å². The Bertz CT molecular complexity index is 494. The Morgan fingerprint density at radius 3 is 2.81 bits per heavy atom. The second kappa shape index (κ2) is 4.52. The van der Waals surface area contributed by atoms with Gasteiger partial charge in [0, 0.05) is 26.0 Å². The van der Waals surface area contributed by atoms with Crippen LogP contribution in [0.3, 0.4) is 0 Å². The number of anilines is 1. The Balaban J connectivity index is 2.24. The molecule has 2 rings (SSSR count). The summed E-state index contributed by atoms with van der Waals surface area (Å²) in [5, 5.41) is 7.98. The number of nitrogens with zero attached hydrogens (tertiary/aromatic N) is 4. The van der Waals surface area contributed by atoms with Crippen LogP contribution in [0.15, 0.2) is 28.4 Å². The van der Waals surface area contributed by atoms with Crippen LogP contribution in [0.1, 0.15) is 5.69 Å². The Kier molecular flexibility index (Phi) is 3.09. The van der Waals surface area contributed by atoms with Gasteiger partial charge in [-0.25, -0.2) is 9.97 Å². The molecular formula is C10H13N5S. The van der Waals surface area contributed by atoms with E-state index in [1.54, 1.807) is 16.4 Å². The van der Waals surface area contributed by atoms with E-state index in [9.17, 15) is 0 Å². The number of rotatable bonds is 3. The summed E-state index contributed by atoms with van der Waals surface area (Å²) in [4.78, 5) is 9.67. The molecule has 0 saturated heterocycles. The minimum Gasteiger partial charge on any atom is -0.357 e. The summed E-state index contributed by atoms with van der Waals surface area (Å²) < 4.78 is 1.77. The van der Waals surface area contributed by atoms with Crippen molar-refractivity contribution in [2.45, 2.75) is 16.8 Å². The summed E-state index contributed by atoms with van der Waals surface area (Å²) in [5.74, 6) is 0.645. The van der Waals surface area contributed by atoms with Gasteiger partial charge in [-0.3, -0.25) is 4.68 Å². The zero-order chi connectivity index (χ0) is 11.5. The maximum atomic E-state index is 4.36. The number of aryl methyl sites for hydroxylation is 2. The molecule has 0 atom stereocenters. The molecule has 6 heteroatoms. The van der Waals surface area contributed by atoms with E-state index in [1.807, 2.05) is 39.5 Å². The van der Waals surface area contributed by atoms with E-state index in [4.69, 9.17) is 0 Å². The maximum Gasteiger partial charge on any atom is 0.223 e. The van der Waals surface area contributed by atoms with Crippen LogP contribution in [0.25, 0.3) is 0 Å². The lowest BCUT2D eigenvalue weighted by atomic mass is 10.5. The summed E-state index contributed by atoms with van der Waals surface area (Å²) in [6, 6.07) is 1.96. The van der Waals surface area contributed by atoms with Gasteiger partial charge in [0.2, 0.25) is 5.95 Å². The van der Waals surface area contributed by atoms with Crippen LogP contribution in [0.4, 0.5) is 5.95 Å². The van der Waals surface area contributed by atoms with Gasteiger partial charge in [0.15, 0.2) is 0 Å². The first-order valence-corrected chi connectivity index (χ1v) is 5.69. The minimum atomic E-state index is 0.645. The summed E-state index contributed by atoms with van der Waals surface area (Å²) >= 11 is 1.58. The molecule has 0 saturated carbocycles. The van der Waals surface area contributed by atoms with Gasteiger partial charge in [-0.2, -0.15) is 5.10 Å². The third kappa shape index (κ3) is 2.52. The van der Waals surface area contributed by atoms with Crippen molar-refractivity contribution in [3.8, 4) is 0 Å². The fourth-order valence-corrected chi connectivity index (χ4v) is 2.18. The van der Waals surface area contributed by atoms with E-state index in [-0.39, 0.29) is 0 Å². The monoisotopic (exact) mass is 235 g/mol. The van der Waals surface area contributed by atoms with Gasteiger partial charge in [0.05, 0.1) is 11.1 Å².